The SMILES string of the molecule is CC[C@H]1C(=O)Nc2c(C)nc(NCc3cnn(Cc4ccc(OC(C)C)nc4)c3)nc2N1C. The highest BCUT2D eigenvalue weighted by atomic mass is 16.5. The van der Waals surface area contributed by atoms with Crippen molar-refractivity contribution >= 4 is 23.4 Å². The third kappa shape index (κ3) is 5.05. The smallest absolute Gasteiger partial charge is 0.247 e. The number of nitrogens with zero attached hydrogens (tertiary/aromatic N) is 6. The van der Waals surface area contributed by atoms with Crippen LogP contribution in [0.15, 0.2) is 30.7 Å². The first kappa shape index (κ1) is 22.5. The Morgan fingerprint density at radius 1 is 1.21 bits per heavy atom. The topological polar surface area (TPSA) is 110 Å². The number of anilines is 3. The summed E-state index contributed by atoms with van der Waals surface area (Å²) in [4.78, 5) is 27.7. The molecule has 4 heterocycles. The standard InChI is InChI=1S/C23H30N8O2/c1-6-18-22(32)28-20-15(4)27-23(29-21(20)30(18)5)25-10-17-11-26-31(13-17)12-16-7-8-19(24-9-16)33-14(2)3/h7-9,11,13-14,18H,6,10,12H2,1-5H3,(H,28,32)(H,25,27,29)/t18-/m0/s1. The molecule has 1 atom stereocenters. The van der Waals surface area contributed by atoms with E-state index < -0.39 is 0 Å². The van der Waals surface area contributed by atoms with E-state index in [1.807, 2.05) is 68.9 Å². The molecule has 0 spiro atoms. The largest absolute Gasteiger partial charge is 0.475 e. The maximum Gasteiger partial charge on any atom is 0.247 e. The van der Waals surface area contributed by atoms with Gasteiger partial charge in [-0.15, -0.1) is 0 Å². The van der Waals surface area contributed by atoms with Gasteiger partial charge in [-0.05, 0) is 32.8 Å². The Labute approximate surface area is 193 Å². The number of aromatic nitrogens is 5. The van der Waals surface area contributed by atoms with Crippen LogP contribution < -0.4 is 20.3 Å². The molecule has 0 radical (unpaired) electrons. The number of carbonyl (C=O) groups excluding carboxylic acids is 1. The van der Waals surface area contributed by atoms with Crippen LogP contribution in [-0.2, 0) is 17.9 Å². The lowest BCUT2D eigenvalue weighted by Crippen LogP contribution is -2.46. The van der Waals surface area contributed by atoms with Gasteiger partial charge < -0.3 is 20.3 Å². The molecule has 0 saturated heterocycles. The molecule has 0 aromatic carbocycles. The molecular weight excluding hydrogens is 420 g/mol. The average Bonchev–Trinajstić information content (AvgIpc) is 3.22. The first-order valence-corrected chi connectivity index (χ1v) is 11.1. The number of ether oxygens (including phenoxy) is 1. The molecule has 1 amide bonds. The van der Waals surface area contributed by atoms with Gasteiger partial charge in [-0.25, -0.2) is 9.97 Å². The number of nitrogens with one attached hydrogen (secondary N) is 2. The van der Waals surface area contributed by atoms with Crippen molar-refractivity contribution in [1.82, 2.24) is 24.7 Å². The van der Waals surface area contributed by atoms with Crippen LogP contribution in [0.5, 0.6) is 5.88 Å². The Balaban J connectivity index is 1.40. The minimum Gasteiger partial charge on any atom is -0.475 e. The van der Waals surface area contributed by atoms with Gasteiger partial charge in [-0.1, -0.05) is 13.0 Å². The molecule has 0 aliphatic carbocycles. The summed E-state index contributed by atoms with van der Waals surface area (Å²) < 4.78 is 7.45. The maximum absolute atomic E-state index is 12.3. The fourth-order valence-corrected chi connectivity index (χ4v) is 3.80. The van der Waals surface area contributed by atoms with Crippen molar-refractivity contribution in [2.45, 2.75) is 59.4 Å². The molecule has 33 heavy (non-hydrogen) atoms. The van der Waals surface area contributed by atoms with E-state index in [4.69, 9.17) is 4.74 Å². The Morgan fingerprint density at radius 2 is 2.03 bits per heavy atom. The van der Waals surface area contributed by atoms with Crippen LogP contribution in [0, 0.1) is 6.92 Å². The molecule has 3 aromatic rings. The highest BCUT2D eigenvalue weighted by Crippen LogP contribution is 2.33. The van der Waals surface area contributed by atoms with Crippen LogP contribution in [0.1, 0.15) is 44.0 Å². The number of aryl methyl sites for hydroxylation is 1. The van der Waals surface area contributed by atoms with E-state index in [0.717, 1.165) is 22.6 Å². The number of fused-ring (bicyclic) bond motifs is 1. The maximum atomic E-state index is 12.3. The fraction of sp³-hybridized carbons (Fsp3) is 0.435. The predicted molar refractivity (Wildman–Crippen MR) is 127 cm³/mol. The minimum atomic E-state index is -0.238. The van der Waals surface area contributed by atoms with Crippen molar-refractivity contribution in [3.63, 3.8) is 0 Å². The van der Waals surface area contributed by atoms with Gasteiger partial charge in [0.05, 0.1) is 24.5 Å². The van der Waals surface area contributed by atoms with Gasteiger partial charge in [0.15, 0.2) is 5.82 Å². The Hall–Kier alpha value is -3.69. The van der Waals surface area contributed by atoms with Crippen LogP contribution in [-0.4, -0.2) is 49.8 Å². The summed E-state index contributed by atoms with van der Waals surface area (Å²) in [5.74, 6) is 1.84. The number of rotatable bonds is 8. The lowest BCUT2D eigenvalue weighted by atomic mass is 10.1. The van der Waals surface area contributed by atoms with Crippen molar-refractivity contribution < 1.29 is 9.53 Å². The van der Waals surface area contributed by atoms with Gasteiger partial charge in [0.1, 0.15) is 11.7 Å². The fourth-order valence-electron chi connectivity index (χ4n) is 3.80. The van der Waals surface area contributed by atoms with E-state index in [1.165, 1.54) is 0 Å². The first-order chi connectivity index (χ1) is 15.8. The van der Waals surface area contributed by atoms with E-state index in [9.17, 15) is 4.79 Å². The van der Waals surface area contributed by atoms with Crippen LogP contribution in [0.3, 0.4) is 0 Å². The van der Waals surface area contributed by atoms with E-state index >= 15 is 0 Å². The second-order valence-corrected chi connectivity index (χ2v) is 8.43. The van der Waals surface area contributed by atoms with Crippen molar-refractivity contribution in [3.8, 4) is 5.88 Å². The van der Waals surface area contributed by atoms with Gasteiger partial charge in [-0.3, -0.25) is 9.48 Å². The van der Waals surface area contributed by atoms with Gasteiger partial charge in [0.2, 0.25) is 17.7 Å². The second kappa shape index (κ2) is 9.43. The second-order valence-electron chi connectivity index (χ2n) is 8.43. The van der Waals surface area contributed by atoms with E-state index in [-0.39, 0.29) is 18.1 Å². The zero-order chi connectivity index (χ0) is 23.5. The summed E-state index contributed by atoms with van der Waals surface area (Å²) in [5.41, 5.74) is 3.45. The molecule has 0 unspecified atom stereocenters. The molecule has 0 saturated carbocycles. The van der Waals surface area contributed by atoms with E-state index in [1.54, 1.807) is 6.20 Å². The summed E-state index contributed by atoms with van der Waals surface area (Å²) in [6, 6.07) is 3.63. The third-order valence-electron chi connectivity index (χ3n) is 5.45. The summed E-state index contributed by atoms with van der Waals surface area (Å²) >= 11 is 0. The predicted octanol–water partition coefficient (Wildman–Crippen LogP) is 2.99. The number of likely N-dealkylation sites (N-methyl/N-ethyl adjacent to an activating group) is 1. The van der Waals surface area contributed by atoms with Crippen molar-refractivity contribution in [2.75, 3.05) is 22.6 Å². The van der Waals surface area contributed by atoms with Gasteiger partial charge in [-0.2, -0.15) is 10.1 Å². The number of amides is 1. The molecule has 0 bridgehead atoms. The van der Waals surface area contributed by atoms with Crippen LogP contribution in [0.2, 0.25) is 0 Å². The summed E-state index contributed by atoms with van der Waals surface area (Å²) in [5, 5.41) is 10.7. The molecule has 4 rings (SSSR count). The number of hydrogen-bond donors (Lipinski definition) is 2. The van der Waals surface area contributed by atoms with Crippen LogP contribution in [0.4, 0.5) is 17.5 Å². The van der Waals surface area contributed by atoms with E-state index in [0.29, 0.717) is 37.0 Å². The summed E-state index contributed by atoms with van der Waals surface area (Å²) in [6.07, 6.45) is 6.41. The zero-order valence-corrected chi connectivity index (χ0v) is 19.7. The molecule has 10 heteroatoms. The van der Waals surface area contributed by atoms with Crippen molar-refractivity contribution in [1.29, 1.82) is 0 Å². The van der Waals surface area contributed by atoms with Crippen molar-refractivity contribution in [2.24, 2.45) is 0 Å². The van der Waals surface area contributed by atoms with Gasteiger partial charge >= 0.3 is 0 Å². The Kier molecular flexibility index (Phi) is 6.43. The summed E-state index contributed by atoms with van der Waals surface area (Å²) in [6.45, 7) is 8.96. The normalized spacial score (nSPS) is 15.4. The quantitative estimate of drug-likeness (QED) is 0.539. The van der Waals surface area contributed by atoms with Crippen molar-refractivity contribution in [3.05, 3.63) is 47.5 Å². The number of hydrogen-bond acceptors (Lipinski definition) is 8. The molecule has 2 N–H and O–H groups in total. The Bertz CT molecular complexity index is 1130. The summed E-state index contributed by atoms with van der Waals surface area (Å²) in [7, 11) is 1.89. The Morgan fingerprint density at radius 3 is 2.73 bits per heavy atom. The first-order valence-electron chi connectivity index (χ1n) is 11.1. The average molecular weight is 451 g/mol. The lowest BCUT2D eigenvalue weighted by Gasteiger charge is -2.34. The van der Waals surface area contributed by atoms with Gasteiger partial charge in [0, 0.05) is 37.6 Å². The minimum absolute atomic E-state index is 0.0235. The molecule has 0 fully saturated rings. The molecule has 10 nitrogen and oxygen atoms in total. The highest BCUT2D eigenvalue weighted by Gasteiger charge is 2.32. The molecule has 1 aliphatic heterocycles. The molecular formula is C23H30N8O2. The molecule has 3 aromatic heterocycles. The highest BCUT2D eigenvalue weighted by molar-refractivity contribution is 6.03. The number of carbonyl (C=O) groups is 1. The lowest BCUT2D eigenvalue weighted by molar-refractivity contribution is -0.117. The van der Waals surface area contributed by atoms with Gasteiger partial charge in [0.25, 0.3) is 0 Å². The monoisotopic (exact) mass is 450 g/mol. The molecule has 174 valence electrons. The van der Waals surface area contributed by atoms with Crippen LogP contribution in [0.25, 0.3) is 0 Å². The number of pyridine rings is 1. The van der Waals surface area contributed by atoms with E-state index in [2.05, 4.69) is 30.7 Å². The third-order valence-corrected chi connectivity index (χ3v) is 5.45. The zero-order valence-electron chi connectivity index (χ0n) is 19.7. The van der Waals surface area contributed by atoms with Crippen LogP contribution >= 0.6 is 0 Å². The molecule has 1 aliphatic rings.